The Balaban J connectivity index is 1.78. The van der Waals surface area contributed by atoms with E-state index in [9.17, 15) is 23.9 Å². The first-order valence-corrected chi connectivity index (χ1v) is 10.1. The van der Waals surface area contributed by atoms with Crippen molar-refractivity contribution in [2.45, 2.75) is 25.9 Å². The number of amides is 2. The maximum Gasteiger partial charge on any atom is 0.319 e. The lowest BCUT2D eigenvalue weighted by molar-refractivity contribution is -0.137. The SMILES string of the molecule is Cc1ccc(C(CC(=O)O)NC(=O)Nc2cccn(Cc3c(F)cccc3Cl)c2=O)cc1. The van der Waals surface area contributed by atoms with Gasteiger partial charge < -0.3 is 20.3 Å². The van der Waals surface area contributed by atoms with Gasteiger partial charge in [0.15, 0.2) is 0 Å². The zero-order valence-corrected chi connectivity index (χ0v) is 17.9. The van der Waals surface area contributed by atoms with Crippen molar-refractivity contribution in [1.82, 2.24) is 9.88 Å². The first-order chi connectivity index (χ1) is 15.2. The number of carbonyl (C=O) groups excluding carboxylic acids is 1. The van der Waals surface area contributed by atoms with E-state index in [1.165, 1.54) is 41.1 Å². The second-order valence-electron chi connectivity index (χ2n) is 7.21. The molecule has 9 heteroatoms. The van der Waals surface area contributed by atoms with Crippen molar-refractivity contribution < 1.29 is 19.1 Å². The number of carboxylic acid groups (broad SMARTS) is 1. The maximum atomic E-state index is 14.1. The van der Waals surface area contributed by atoms with Gasteiger partial charge in [-0.15, -0.1) is 0 Å². The number of carboxylic acids is 1. The quantitative estimate of drug-likeness (QED) is 0.491. The molecule has 7 nitrogen and oxygen atoms in total. The van der Waals surface area contributed by atoms with Crippen molar-refractivity contribution in [2.24, 2.45) is 0 Å². The summed E-state index contributed by atoms with van der Waals surface area (Å²) in [7, 11) is 0. The lowest BCUT2D eigenvalue weighted by atomic mass is 10.0. The zero-order valence-electron chi connectivity index (χ0n) is 17.1. The Labute approximate surface area is 188 Å². The van der Waals surface area contributed by atoms with Gasteiger partial charge in [-0.1, -0.05) is 47.5 Å². The van der Waals surface area contributed by atoms with Gasteiger partial charge in [-0.05, 0) is 36.8 Å². The third kappa shape index (κ3) is 5.73. The molecule has 3 aromatic rings. The van der Waals surface area contributed by atoms with Crippen LogP contribution in [-0.4, -0.2) is 21.7 Å². The standard InChI is InChI=1S/C23H21ClFN3O4/c1-14-7-9-15(10-8-14)20(12-21(29)30)27-23(32)26-19-6-3-11-28(22(19)31)13-16-17(24)4-2-5-18(16)25/h2-11,20H,12-13H2,1H3,(H,29,30)(H2,26,27,32). The summed E-state index contributed by atoms with van der Waals surface area (Å²) in [5.41, 5.74) is 1.15. The first-order valence-electron chi connectivity index (χ1n) is 9.73. The summed E-state index contributed by atoms with van der Waals surface area (Å²) in [6, 6.07) is 12.7. The third-order valence-electron chi connectivity index (χ3n) is 4.82. The molecular formula is C23H21ClFN3O4. The fraction of sp³-hybridized carbons (Fsp3) is 0.174. The Morgan fingerprint density at radius 2 is 1.84 bits per heavy atom. The topological polar surface area (TPSA) is 100 Å². The van der Waals surface area contributed by atoms with Crippen LogP contribution >= 0.6 is 11.6 Å². The van der Waals surface area contributed by atoms with Gasteiger partial charge in [-0.2, -0.15) is 0 Å². The highest BCUT2D eigenvalue weighted by atomic mass is 35.5. The van der Waals surface area contributed by atoms with Crippen LogP contribution in [-0.2, 0) is 11.3 Å². The van der Waals surface area contributed by atoms with E-state index in [0.29, 0.717) is 5.56 Å². The van der Waals surface area contributed by atoms with E-state index >= 15 is 0 Å². The zero-order chi connectivity index (χ0) is 23.3. The molecule has 166 valence electrons. The molecule has 0 aliphatic rings. The minimum Gasteiger partial charge on any atom is -0.481 e. The largest absolute Gasteiger partial charge is 0.481 e. The number of nitrogens with zero attached hydrogens (tertiary/aromatic N) is 1. The molecule has 0 saturated heterocycles. The molecule has 0 aliphatic carbocycles. The second kappa shape index (κ2) is 10.1. The summed E-state index contributed by atoms with van der Waals surface area (Å²) >= 11 is 6.04. The Bertz CT molecular complexity index is 1170. The average Bonchev–Trinajstić information content (AvgIpc) is 2.73. The van der Waals surface area contributed by atoms with Gasteiger partial charge in [0.05, 0.1) is 19.0 Å². The number of aromatic nitrogens is 1. The number of halogens is 2. The summed E-state index contributed by atoms with van der Waals surface area (Å²) in [5.74, 6) is -1.63. The Hall–Kier alpha value is -3.65. The average molecular weight is 458 g/mol. The number of hydrogen-bond donors (Lipinski definition) is 3. The molecule has 0 radical (unpaired) electrons. The highest BCUT2D eigenvalue weighted by molar-refractivity contribution is 6.31. The molecule has 2 aromatic carbocycles. The van der Waals surface area contributed by atoms with Gasteiger partial charge in [0.25, 0.3) is 5.56 Å². The molecule has 3 rings (SSSR count). The van der Waals surface area contributed by atoms with Gasteiger partial charge in [-0.25, -0.2) is 9.18 Å². The monoisotopic (exact) mass is 457 g/mol. The number of urea groups is 1. The molecule has 1 heterocycles. The molecule has 1 atom stereocenters. The number of rotatable bonds is 7. The van der Waals surface area contributed by atoms with Gasteiger partial charge in [-0.3, -0.25) is 9.59 Å². The minimum atomic E-state index is -1.08. The Morgan fingerprint density at radius 3 is 2.50 bits per heavy atom. The van der Waals surface area contributed by atoms with E-state index in [4.69, 9.17) is 11.6 Å². The Morgan fingerprint density at radius 1 is 1.12 bits per heavy atom. The summed E-state index contributed by atoms with van der Waals surface area (Å²) < 4.78 is 15.3. The van der Waals surface area contributed by atoms with Gasteiger partial charge in [0.1, 0.15) is 11.5 Å². The van der Waals surface area contributed by atoms with Crippen LogP contribution in [0.5, 0.6) is 0 Å². The Kier molecular flexibility index (Phi) is 7.27. The second-order valence-corrected chi connectivity index (χ2v) is 7.62. The van der Waals surface area contributed by atoms with Gasteiger partial charge in [0.2, 0.25) is 0 Å². The lowest BCUT2D eigenvalue weighted by Crippen LogP contribution is -2.36. The predicted molar refractivity (Wildman–Crippen MR) is 120 cm³/mol. The molecule has 32 heavy (non-hydrogen) atoms. The van der Waals surface area contributed by atoms with E-state index in [-0.39, 0.29) is 29.2 Å². The van der Waals surface area contributed by atoms with Crippen LogP contribution in [0.15, 0.2) is 65.6 Å². The third-order valence-corrected chi connectivity index (χ3v) is 5.18. The van der Waals surface area contributed by atoms with Crippen LogP contribution in [0.2, 0.25) is 5.02 Å². The molecule has 2 amide bonds. The summed E-state index contributed by atoms with van der Waals surface area (Å²) in [6.07, 6.45) is 1.12. The van der Waals surface area contributed by atoms with Crippen LogP contribution < -0.4 is 16.2 Å². The van der Waals surface area contributed by atoms with Crippen LogP contribution in [0, 0.1) is 12.7 Å². The van der Waals surface area contributed by atoms with Crippen LogP contribution in [0.4, 0.5) is 14.9 Å². The van der Waals surface area contributed by atoms with Gasteiger partial charge >= 0.3 is 12.0 Å². The fourth-order valence-corrected chi connectivity index (χ4v) is 3.38. The van der Waals surface area contributed by atoms with Crippen molar-refractivity contribution >= 4 is 29.3 Å². The maximum absolute atomic E-state index is 14.1. The molecule has 3 N–H and O–H groups in total. The highest BCUT2D eigenvalue weighted by Crippen LogP contribution is 2.20. The highest BCUT2D eigenvalue weighted by Gasteiger charge is 2.19. The number of benzene rings is 2. The minimum absolute atomic E-state index is 0.0459. The van der Waals surface area contributed by atoms with Crippen LogP contribution in [0.3, 0.4) is 0 Å². The van der Waals surface area contributed by atoms with Crippen molar-refractivity contribution in [2.75, 3.05) is 5.32 Å². The van der Waals surface area contributed by atoms with E-state index in [0.717, 1.165) is 5.56 Å². The van der Waals surface area contributed by atoms with Crippen molar-refractivity contribution in [3.8, 4) is 0 Å². The molecule has 0 fully saturated rings. The van der Waals surface area contributed by atoms with E-state index in [1.54, 1.807) is 12.1 Å². The number of anilines is 1. The van der Waals surface area contributed by atoms with E-state index in [2.05, 4.69) is 10.6 Å². The number of hydrogen-bond acceptors (Lipinski definition) is 3. The molecule has 1 unspecified atom stereocenters. The smallest absolute Gasteiger partial charge is 0.319 e. The predicted octanol–water partition coefficient (Wildman–Crippen LogP) is 4.34. The molecule has 0 aliphatic heterocycles. The molecule has 0 spiro atoms. The summed E-state index contributed by atoms with van der Waals surface area (Å²) in [4.78, 5) is 36.5. The molecular weight excluding hydrogens is 437 g/mol. The first kappa shape index (κ1) is 23.0. The van der Waals surface area contributed by atoms with Crippen LogP contribution in [0.1, 0.15) is 29.2 Å². The lowest BCUT2D eigenvalue weighted by Gasteiger charge is -2.18. The molecule has 1 aromatic heterocycles. The molecule has 0 saturated carbocycles. The number of pyridine rings is 1. The van der Waals surface area contributed by atoms with Gasteiger partial charge in [0, 0.05) is 16.8 Å². The fourth-order valence-electron chi connectivity index (χ4n) is 3.15. The molecule has 0 bridgehead atoms. The van der Waals surface area contributed by atoms with Crippen molar-refractivity contribution in [1.29, 1.82) is 0 Å². The van der Waals surface area contributed by atoms with E-state index in [1.807, 2.05) is 19.1 Å². The number of nitrogens with one attached hydrogen (secondary N) is 2. The summed E-state index contributed by atoms with van der Waals surface area (Å²) in [6.45, 7) is 1.78. The number of carbonyl (C=O) groups is 2. The van der Waals surface area contributed by atoms with Crippen molar-refractivity contribution in [3.05, 3.63) is 98.7 Å². The normalized spacial score (nSPS) is 11.6. The summed E-state index contributed by atoms with van der Waals surface area (Å²) in [5, 5.41) is 14.4. The number of aryl methyl sites for hydroxylation is 1. The van der Waals surface area contributed by atoms with Crippen molar-refractivity contribution in [3.63, 3.8) is 0 Å². The number of aliphatic carboxylic acids is 1. The van der Waals surface area contributed by atoms with Crippen LogP contribution in [0.25, 0.3) is 0 Å². The van der Waals surface area contributed by atoms with E-state index < -0.39 is 29.4 Å².